The fourth-order valence-corrected chi connectivity index (χ4v) is 3.43. The van der Waals surface area contributed by atoms with Gasteiger partial charge in [-0.3, -0.25) is 0 Å². The van der Waals surface area contributed by atoms with Gasteiger partial charge in [0.25, 0.3) is 0 Å². The van der Waals surface area contributed by atoms with Crippen molar-refractivity contribution >= 4 is 0 Å². The molecule has 2 nitrogen and oxygen atoms in total. The maximum Gasteiger partial charge on any atom is 0.0823 e. The number of nitriles is 1. The quantitative estimate of drug-likeness (QED) is 0.863. The summed E-state index contributed by atoms with van der Waals surface area (Å²) >= 11 is 0. The van der Waals surface area contributed by atoms with Crippen molar-refractivity contribution < 1.29 is 0 Å². The molecule has 0 saturated heterocycles. The zero-order chi connectivity index (χ0) is 12.6. The fourth-order valence-electron chi connectivity index (χ4n) is 3.43. The van der Waals surface area contributed by atoms with Gasteiger partial charge >= 0.3 is 0 Å². The van der Waals surface area contributed by atoms with E-state index in [4.69, 9.17) is 5.73 Å². The Kier molecular flexibility index (Phi) is 2.68. The molecule has 0 bridgehead atoms. The molecular formula is C16H20N2. The van der Waals surface area contributed by atoms with E-state index < -0.39 is 0 Å². The Morgan fingerprint density at radius 2 is 1.67 bits per heavy atom. The minimum Gasteiger partial charge on any atom is -0.325 e. The molecule has 2 N–H and O–H groups in total. The molecule has 0 aromatic heterocycles. The lowest BCUT2D eigenvalue weighted by Crippen LogP contribution is -2.48. The van der Waals surface area contributed by atoms with Crippen LogP contribution in [-0.2, 0) is 5.41 Å². The van der Waals surface area contributed by atoms with E-state index >= 15 is 0 Å². The molecule has 2 heteroatoms. The highest BCUT2D eigenvalue weighted by Gasteiger charge is 2.48. The fraction of sp³-hybridized carbons (Fsp3) is 0.562. The van der Waals surface area contributed by atoms with Crippen LogP contribution < -0.4 is 5.73 Å². The molecule has 2 saturated carbocycles. The van der Waals surface area contributed by atoms with Crippen LogP contribution in [0.25, 0.3) is 0 Å². The Hall–Kier alpha value is -1.33. The maximum absolute atomic E-state index is 9.63. The first-order chi connectivity index (χ1) is 8.69. The molecule has 0 spiro atoms. The third-order valence-corrected chi connectivity index (χ3v) is 4.97. The van der Waals surface area contributed by atoms with Crippen LogP contribution in [0.15, 0.2) is 30.3 Å². The van der Waals surface area contributed by atoms with Gasteiger partial charge in [0, 0.05) is 5.54 Å². The highest BCUT2D eigenvalue weighted by molar-refractivity contribution is 5.33. The van der Waals surface area contributed by atoms with Crippen molar-refractivity contribution in [3.63, 3.8) is 0 Å². The topological polar surface area (TPSA) is 49.8 Å². The minimum atomic E-state index is -0.293. The molecule has 0 amide bonds. The van der Waals surface area contributed by atoms with Gasteiger partial charge in [0.15, 0.2) is 0 Å². The van der Waals surface area contributed by atoms with E-state index in [0.29, 0.717) is 0 Å². The van der Waals surface area contributed by atoms with E-state index in [1.807, 2.05) is 18.2 Å². The lowest BCUT2D eigenvalue weighted by Gasteiger charge is -2.42. The monoisotopic (exact) mass is 240 g/mol. The van der Waals surface area contributed by atoms with Crippen LogP contribution in [-0.4, -0.2) is 5.54 Å². The van der Waals surface area contributed by atoms with Crippen LogP contribution in [0.1, 0.15) is 44.1 Å². The van der Waals surface area contributed by atoms with Crippen molar-refractivity contribution in [1.29, 1.82) is 5.26 Å². The van der Waals surface area contributed by atoms with Gasteiger partial charge in [0.2, 0.25) is 0 Å². The summed E-state index contributed by atoms with van der Waals surface area (Å²) in [6, 6.07) is 12.8. The van der Waals surface area contributed by atoms with Crippen LogP contribution >= 0.6 is 0 Å². The van der Waals surface area contributed by atoms with E-state index in [-0.39, 0.29) is 11.0 Å². The molecule has 18 heavy (non-hydrogen) atoms. The molecule has 2 aliphatic rings. The van der Waals surface area contributed by atoms with Gasteiger partial charge in [-0.1, -0.05) is 30.3 Å². The van der Waals surface area contributed by atoms with Gasteiger partial charge in [-0.05, 0) is 50.0 Å². The van der Waals surface area contributed by atoms with Gasteiger partial charge in [-0.15, -0.1) is 0 Å². The lowest BCUT2D eigenvalue weighted by atomic mass is 9.64. The number of nitrogens with two attached hydrogens (primary N) is 1. The number of nitrogens with zero attached hydrogens (tertiary/aromatic N) is 1. The van der Waals surface area contributed by atoms with Crippen LogP contribution in [0.3, 0.4) is 0 Å². The van der Waals surface area contributed by atoms with Crippen molar-refractivity contribution in [2.24, 2.45) is 11.7 Å². The molecule has 2 aliphatic carbocycles. The standard InChI is InChI=1S/C16H20N2/c17-12-15(13-4-2-1-3-5-13)8-10-16(18,11-9-15)14-6-7-14/h1-5,14H,6-11,18H2. The van der Waals surface area contributed by atoms with Crippen molar-refractivity contribution in [2.75, 3.05) is 0 Å². The first-order valence-electron chi connectivity index (χ1n) is 6.94. The Morgan fingerprint density at radius 1 is 1.06 bits per heavy atom. The summed E-state index contributed by atoms with van der Waals surface area (Å²) in [6.07, 6.45) is 6.42. The van der Waals surface area contributed by atoms with Crippen LogP contribution in [0.4, 0.5) is 0 Å². The Labute approximate surface area is 109 Å². The zero-order valence-electron chi connectivity index (χ0n) is 10.7. The summed E-state index contributed by atoms with van der Waals surface area (Å²) in [4.78, 5) is 0. The molecule has 0 radical (unpaired) electrons. The third kappa shape index (κ3) is 1.83. The van der Waals surface area contributed by atoms with Gasteiger partial charge < -0.3 is 5.73 Å². The highest BCUT2D eigenvalue weighted by Crippen LogP contribution is 2.50. The third-order valence-electron chi connectivity index (χ3n) is 4.97. The second kappa shape index (κ2) is 4.10. The van der Waals surface area contributed by atoms with Gasteiger partial charge in [0.1, 0.15) is 0 Å². The van der Waals surface area contributed by atoms with Crippen LogP contribution in [0.2, 0.25) is 0 Å². The normalized spacial score (nSPS) is 36.0. The van der Waals surface area contributed by atoms with Crippen molar-refractivity contribution in [3.8, 4) is 6.07 Å². The smallest absolute Gasteiger partial charge is 0.0823 e. The largest absolute Gasteiger partial charge is 0.325 e. The zero-order valence-corrected chi connectivity index (χ0v) is 10.7. The molecule has 0 atom stereocenters. The summed E-state index contributed by atoms with van der Waals surface area (Å²) in [5, 5.41) is 9.63. The average Bonchev–Trinajstić information content (AvgIpc) is 3.26. The first kappa shape index (κ1) is 11.7. The molecule has 1 aromatic carbocycles. The Balaban J connectivity index is 1.82. The Bertz CT molecular complexity index is 460. The number of benzene rings is 1. The molecule has 0 heterocycles. The van der Waals surface area contributed by atoms with Crippen molar-refractivity contribution in [1.82, 2.24) is 0 Å². The summed E-state index contributed by atoms with van der Waals surface area (Å²) in [7, 11) is 0. The van der Waals surface area contributed by atoms with E-state index in [9.17, 15) is 5.26 Å². The lowest BCUT2D eigenvalue weighted by molar-refractivity contribution is 0.211. The van der Waals surface area contributed by atoms with Crippen LogP contribution in [0, 0.1) is 17.2 Å². The number of hydrogen-bond acceptors (Lipinski definition) is 2. The number of hydrogen-bond donors (Lipinski definition) is 1. The minimum absolute atomic E-state index is 0.0229. The molecule has 0 aliphatic heterocycles. The summed E-state index contributed by atoms with van der Waals surface area (Å²) in [5.41, 5.74) is 7.41. The SMILES string of the molecule is N#CC1(c2ccccc2)CCC(N)(C2CC2)CC1. The predicted octanol–water partition coefficient (Wildman–Crippen LogP) is 3.13. The average molecular weight is 240 g/mol. The Morgan fingerprint density at radius 3 is 2.17 bits per heavy atom. The van der Waals surface area contributed by atoms with Crippen LogP contribution in [0.5, 0.6) is 0 Å². The second-order valence-electron chi connectivity index (χ2n) is 6.07. The second-order valence-corrected chi connectivity index (χ2v) is 6.07. The van der Waals surface area contributed by atoms with E-state index in [0.717, 1.165) is 31.6 Å². The maximum atomic E-state index is 9.63. The van der Waals surface area contributed by atoms with E-state index in [1.54, 1.807) is 0 Å². The van der Waals surface area contributed by atoms with E-state index in [2.05, 4.69) is 18.2 Å². The van der Waals surface area contributed by atoms with Crippen molar-refractivity contribution in [3.05, 3.63) is 35.9 Å². The molecular weight excluding hydrogens is 220 g/mol. The molecule has 3 rings (SSSR count). The van der Waals surface area contributed by atoms with Gasteiger partial charge in [-0.2, -0.15) is 5.26 Å². The molecule has 1 aromatic rings. The van der Waals surface area contributed by atoms with E-state index in [1.165, 1.54) is 18.4 Å². The predicted molar refractivity (Wildman–Crippen MR) is 71.8 cm³/mol. The molecule has 2 fully saturated rings. The highest BCUT2D eigenvalue weighted by atomic mass is 14.8. The summed E-state index contributed by atoms with van der Waals surface area (Å²) in [5.74, 6) is 0.727. The van der Waals surface area contributed by atoms with Gasteiger partial charge in [0.05, 0.1) is 11.5 Å². The first-order valence-corrected chi connectivity index (χ1v) is 6.94. The summed E-state index contributed by atoms with van der Waals surface area (Å²) in [6.45, 7) is 0. The molecule has 0 unspecified atom stereocenters. The molecule has 94 valence electrons. The number of rotatable bonds is 2. The summed E-state index contributed by atoms with van der Waals surface area (Å²) < 4.78 is 0. The van der Waals surface area contributed by atoms with Crippen molar-refractivity contribution in [2.45, 2.75) is 49.5 Å². The van der Waals surface area contributed by atoms with Gasteiger partial charge in [-0.25, -0.2) is 0 Å².